The van der Waals surface area contributed by atoms with Gasteiger partial charge >= 0.3 is 5.97 Å². The van der Waals surface area contributed by atoms with Gasteiger partial charge in [0.2, 0.25) is 5.91 Å². The molecule has 0 aromatic heterocycles. The summed E-state index contributed by atoms with van der Waals surface area (Å²) in [7, 11) is 1.70. The topological polar surface area (TPSA) is 75.7 Å². The van der Waals surface area contributed by atoms with Crippen LogP contribution in [-0.2, 0) is 14.3 Å². The molecule has 134 valence electrons. The first-order chi connectivity index (χ1) is 12.5. The second-order valence-corrected chi connectivity index (χ2v) is 5.35. The number of nitrogens with one attached hydrogen (secondary N) is 1. The molecule has 0 aliphatic carbocycles. The van der Waals surface area contributed by atoms with Crippen LogP contribution in [0.25, 0.3) is 0 Å². The Balaban J connectivity index is 1.98. The van der Waals surface area contributed by atoms with E-state index in [2.05, 4.69) is 5.32 Å². The van der Waals surface area contributed by atoms with E-state index in [1.807, 2.05) is 30.3 Å². The van der Waals surface area contributed by atoms with E-state index in [4.69, 9.17) is 4.74 Å². The Bertz CT molecular complexity index is 798. The van der Waals surface area contributed by atoms with Gasteiger partial charge in [-0.3, -0.25) is 9.59 Å². The molecule has 26 heavy (non-hydrogen) atoms. The van der Waals surface area contributed by atoms with Gasteiger partial charge in [0.15, 0.2) is 0 Å². The molecule has 0 unspecified atom stereocenters. The molecule has 1 N–H and O–H groups in total. The zero-order chi connectivity index (χ0) is 18.9. The first kappa shape index (κ1) is 18.9. The van der Waals surface area contributed by atoms with E-state index in [9.17, 15) is 14.4 Å². The van der Waals surface area contributed by atoms with E-state index >= 15 is 0 Å². The number of benzene rings is 2. The van der Waals surface area contributed by atoms with E-state index < -0.39 is 11.9 Å². The predicted molar refractivity (Wildman–Crippen MR) is 100 cm³/mol. The van der Waals surface area contributed by atoms with E-state index in [1.54, 1.807) is 43.1 Å². The molecule has 0 atom stereocenters. The van der Waals surface area contributed by atoms with Crippen LogP contribution in [0.3, 0.4) is 0 Å². The summed E-state index contributed by atoms with van der Waals surface area (Å²) in [4.78, 5) is 37.0. The molecule has 2 amide bonds. The molecule has 0 radical (unpaired) electrons. The first-order valence-corrected chi connectivity index (χ1v) is 8.10. The highest BCUT2D eigenvalue weighted by molar-refractivity contribution is 6.06. The van der Waals surface area contributed by atoms with Crippen LogP contribution >= 0.6 is 0 Å². The summed E-state index contributed by atoms with van der Waals surface area (Å²) < 4.78 is 4.70. The average molecular weight is 352 g/mol. The smallest absolute Gasteiger partial charge is 0.330 e. The van der Waals surface area contributed by atoms with Crippen molar-refractivity contribution in [2.75, 3.05) is 23.9 Å². The van der Waals surface area contributed by atoms with Gasteiger partial charge < -0.3 is 15.0 Å². The van der Waals surface area contributed by atoms with E-state index in [0.29, 0.717) is 11.3 Å². The maximum Gasteiger partial charge on any atom is 0.330 e. The standard InChI is InChI=1S/C20H20N2O4/c1-3-26-19(24)14-13-18(23)21-16-11-9-15(10-12-16)20(25)22(2)17-7-5-4-6-8-17/h4-14H,3H2,1-2H3,(H,21,23)/b14-13+. The van der Waals surface area contributed by atoms with Crippen LogP contribution in [0.5, 0.6) is 0 Å². The van der Waals surface area contributed by atoms with Gasteiger partial charge in [0.1, 0.15) is 0 Å². The number of hydrogen-bond acceptors (Lipinski definition) is 4. The van der Waals surface area contributed by atoms with Crippen molar-refractivity contribution < 1.29 is 19.1 Å². The third-order valence-electron chi connectivity index (χ3n) is 3.50. The molecule has 6 nitrogen and oxygen atoms in total. The van der Waals surface area contributed by atoms with Gasteiger partial charge in [-0.1, -0.05) is 18.2 Å². The molecule has 0 saturated carbocycles. The summed E-state index contributed by atoms with van der Waals surface area (Å²) in [6, 6.07) is 15.8. The van der Waals surface area contributed by atoms with Crippen LogP contribution in [0, 0.1) is 0 Å². The molecule has 2 aromatic carbocycles. The molecule has 0 aliphatic heterocycles. The molecule has 0 heterocycles. The Kier molecular flexibility index (Phi) is 6.68. The Morgan fingerprint density at radius 3 is 2.27 bits per heavy atom. The monoisotopic (exact) mass is 352 g/mol. The average Bonchev–Trinajstić information content (AvgIpc) is 2.67. The molecule has 6 heteroatoms. The van der Waals surface area contributed by atoms with Crippen LogP contribution < -0.4 is 10.2 Å². The van der Waals surface area contributed by atoms with Crippen LogP contribution in [0.15, 0.2) is 66.7 Å². The number of para-hydroxylation sites is 1. The van der Waals surface area contributed by atoms with Gasteiger partial charge in [-0.15, -0.1) is 0 Å². The summed E-state index contributed by atoms with van der Waals surface area (Å²) in [5.74, 6) is -1.19. The lowest BCUT2D eigenvalue weighted by Gasteiger charge is -2.17. The normalized spacial score (nSPS) is 10.4. The third-order valence-corrected chi connectivity index (χ3v) is 3.50. The number of amides is 2. The fourth-order valence-corrected chi connectivity index (χ4v) is 2.18. The zero-order valence-corrected chi connectivity index (χ0v) is 14.6. The second-order valence-electron chi connectivity index (χ2n) is 5.35. The minimum atomic E-state index is -0.576. The Morgan fingerprint density at radius 1 is 1.00 bits per heavy atom. The van der Waals surface area contributed by atoms with E-state index in [-0.39, 0.29) is 12.5 Å². The molecule has 2 aromatic rings. The van der Waals surface area contributed by atoms with Crippen molar-refractivity contribution in [3.05, 3.63) is 72.3 Å². The lowest BCUT2D eigenvalue weighted by atomic mass is 10.1. The highest BCUT2D eigenvalue weighted by Gasteiger charge is 2.13. The summed E-state index contributed by atoms with van der Waals surface area (Å²) in [5, 5.41) is 2.61. The van der Waals surface area contributed by atoms with Gasteiger partial charge in [0.25, 0.3) is 5.91 Å². The van der Waals surface area contributed by atoms with Crippen LogP contribution in [0.1, 0.15) is 17.3 Å². The number of carbonyl (C=O) groups excluding carboxylic acids is 3. The number of esters is 1. The van der Waals surface area contributed by atoms with Crippen molar-refractivity contribution in [3.63, 3.8) is 0 Å². The fourth-order valence-electron chi connectivity index (χ4n) is 2.18. The lowest BCUT2D eigenvalue weighted by molar-refractivity contribution is -0.137. The first-order valence-electron chi connectivity index (χ1n) is 8.10. The van der Waals surface area contributed by atoms with Crippen molar-refractivity contribution in [1.29, 1.82) is 0 Å². The predicted octanol–water partition coefficient (Wildman–Crippen LogP) is 3.02. The summed E-state index contributed by atoms with van der Waals surface area (Å²) >= 11 is 0. The number of carbonyl (C=O) groups is 3. The Labute approximate surface area is 152 Å². The van der Waals surface area contributed by atoms with Crippen molar-refractivity contribution in [2.24, 2.45) is 0 Å². The van der Waals surface area contributed by atoms with Crippen LogP contribution in [-0.4, -0.2) is 31.4 Å². The van der Waals surface area contributed by atoms with Gasteiger partial charge in [0, 0.05) is 36.1 Å². The quantitative estimate of drug-likeness (QED) is 0.640. The number of rotatable bonds is 6. The van der Waals surface area contributed by atoms with Crippen molar-refractivity contribution in [1.82, 2.24) is 0 Å². The highest BCUT2D eigenvalue weighted by atomic mass is 16.5. The van der Waals surface area contributed by atoms with Crippen LogP contribution in [0.4, 0.5) is 11.4 Å². The molecule has 0 fully saturated rings. The van der Waals surface area contributed by atoms with Crippen molar-refractivity contribution in [3.8, 4) is 0 Å². The largest absolute Gasteiger partial charge is 0.463 e. The SMILES string of the molecule is CCOC(=O)/C=C/C(=O)Nc1ccc(C(=O)N(C)c2ccccc2)cc1. The highest BCUT2D eigenvalue weighted by Crippen LogP contribution is 2.16. The number of anilines is 2. The lowest BCUT2D eigenvalue weighted by Crippen LogP contribution is -2.26. The van der Waals surface area contributed by atoms with E-state index in [0.717, 1.165) is 17.8 Å². The molecular formula is C20H20N2O4. The van der Waals surface area contributed by atoms with Gasteiger partial charge in [-0.05, 0) is 43.3 Å². The number of ether oxygens (including phenoxy) is 1. The molecule has 0 aliphatic rings. The Hall–Kier alpha value is -3.41. The summed E-state index contributed by atoms with van der Waals surface area (Å²) in [5.41, 5.74) is 1.80. The molecule has 2 rings (SSSR count). The zero-order valence-electron chi connectivity index (χ0n) is 14.6. The summed E-state index contributed by atoms with van der Waals surface area (Å²) in [6.07, 6.45) is 2.16. The molecule has 0 spiro atoms. The van der Waals surface area contributed by atoms with Crippen LogP contribution in [0.2, 0.25) is 0 Å². The van der Waals surface area contributed by atoms with E-state index in [1.165, 1.54) is 0 Å². The summed E-state index contributed by atoms with van der Waals surface area (Å²) in [6.45, 7) is 1.93. The minimum Gasteiger partial charge on any atom is -0.463 e. The van der Waals surface area contributed by atoms with Gasteiger partial charge in [-0.2, -0.15) is 0 Å². The Morgan fingerprint density at radius 2 is 1.65 bits per heavy atom. The number of hydrogen-bond donors (Lipinski definition) is 1. The maximum atomic E-state index is 12.5. The number of nitrogens with zero attached hydrogens (tertiary/aromatic N) is 1. The van der Waals surface area contributed by atoms with Gasteiger partial charge in [-0.25, -0.2) is 4.79 Å². The van der Waals surface area contributed by atoms with Crippen molar-refractivity contribution >= 4 is 29.2 Å². The van der Waals surface area contributed by atoms with Crippen molar-refractivity contribution in [2.45, 2.75) is 6.92 Å². The third kappa shape index (κ3) is 5.31. The molecule has 0 saturated heterocycles. The van der Waals surface area contributed by atoms with Gasteiger partial charge in [0.05, 0.1) is 6.61 Å². The minimum absolute atomic E-state index is 0.156. The fraction of sp³-hybridized carbons (Fsp3) is 0.150. The molecular weight excluding hydrogens is 332 g/mol. The molecule has 0 bridgehead atoms. The maximum absolute atomic E-state index is 12.5. The second kappa shape index (κ2) is 9.17.